The van der Waals surface area contributed by atoms with Crippen LogP contribution in [0, 0.1) is 6.92 Å². The lowest BCUT2D eigenvalue weighted by Crippen LogP contribution is -2.30. The van der Waals surface area contributed by atoms with Gasteiger partial charge in [-0.15, -0.1) is 11.3 Å². The monoisotopic (exact) mass is 343 g/mol. The quantitative estimate of drug-likeness (QED) is 0.847. The van der Waals surface area contributed by atoms with Crippen molar-refractivity contribution in [1.82, 2.24) is 9.88 Å². The Kier molecular flexibility index (Phi) is 5.27. The van der Waals surface area contributed by atoms with Crippen molar-refractivity contribution in [3.05, 3.63) is 52.0 Å². The Morgan fingerprint density at radius 2 is 2.33 bits per heavy atom. The SMILES string of the molecule is Cc1nc(COc2ccccc2C=CC(=O)N2CC[C@@H](N)C2)cs1. The van der Waals surface area contributed by atoms with Gasteiger partial charge in [-0.2, -0.15) is 0 Å². The predicted molar refractivity (Wildman–Crippen MR) is 95.8 cm³/mol. The van der Waals surface area contributed by atoms with Crippen molar-refractivity contribution in [3.63, 3.8) is 0 Å². The first-order valence-electron chi connectivity index (χ1n) is 7.97. The van der Waals surface area contributed by atoms with Crippen molar-refractivity contribution in [3.8, 4) is 5.75 Å². The average Bonchev–Trinajstić information content (AvgIpc) is 3.20. The van der Waals surface area contributed by atoms with Crippen molar-refractivity contribution in [1.29, 1.82) is 0 Å². The molecule has 0 unspecified atom stereocenters. The summed E-state index contributed by atoms with van der Waals surface area (Å²) in [5.41, 5.74) is 7.64. The number of hydrogen-bond acceptors (Lipinski definition) is 5. The Morgan fingerprint density at radius 3 is 3.04 bits per heavy atom. The lowest BCUT2D eigenvalue weighted by molar-refractivity contribution is -0.124. The van der Waals surface area contributed by atoms with Crippen molar-refractivity contribution in [2.75, 3.05) is 13.1 Å². The van der Waals surface area contributed by atoms with Crippen LogP contribution >= 0.6 is 11.3 Å². The van der Waals surface area contributed by atoms with E-state index in [2.05, 4.69) is 4.98 Å². The highest BCUT2D eigenvalue weighted by Crippen LogP contribution is 2.21. The molecule has 2 aromatic rings. The Balaban J connectivity index is 1.65. The smallest absolute Gasteiger partial charge is 0.246 e. The van der Waals surface area contributed by atoms with Gasteiger partial charge in [0.05, 0.1) is 10.7 Å². The molecule has 2 N–H and O–H groups in total. The minimum atomic E-state index is -0.00659. The number of nitrogens with zero attached hydrogens (tertiary/aromatic N) is 2. The molecule has 6 heteroatoms. The summed E-state index contributed by atoms with van der Waals surface area (Å²) in [5.74, 6) is 0.734. The zero-order chi connectivity index (χ0) is 16.9. The number of likely N-dealkylation sites (tertiary alicyclic amines) is 1. The fourth-order valence-electron chi connectivity index (χ4n) is 2.63. The first-order chi connectivity index (χ1) is 11.6. The number of aromatic nitrogens is 1. The van der Waals surface area contributed by atoms with E-state index in [1.807, 2.05) is 36.6 Å². The predicted octanol–water partition coefficient (Wildman–Crippen LogP) is 2.60. The second-order valence-electron chi connectivity index (χ2n) is 5.85. The number of benzene rings is 1. The van der Waals surface area contributed by atoms with E-state index in [4.69, 9.17) is 10.5 Å². The Labute approximate surface area is 145 Å². The first-order valence-corrected chi connectivity index (χ1v) is 8.85. The van der Waals surface area contributed by atoms with Crippen LogP contribution in [-0.2, 0) is 11.4 Å². The fraction of sp³-hybridized carbons (Fsp3) is 0.333. The third-order valence-electron chi connectivity index (χ3n) is 3.90. The fourth-order valence-corrected chi connectivity index (χ4v) is 3.23. The number of para-hydroxylation sites is 1. The van der Waals surface area contributed by atoms with Crippen LogP contribution in [0.4, 0.5) is 0 Å². The van der Waals surface area contributed by atoms with Crippen molar-refractivity contribution in [2.45, 2.75) is 26.0 Å². The summed E-state index contributed by atoms with van der Waals surface area (Å²) in [6.45, 7) is 3.75. The van der Waals surface area contributed by atoms with E-state index in [-0.39, 0.29) is 11.9 Å². The van der Waals surface area contributed by atoms with Gasteiger partial charge in [0.2, 0.25) is 5.91 Å². The van der Waals surface area contributed by atoms with Crippen LogP contribution in [-0.4, -0.2) is 34.9 Å². The minimum Gasteiger partial charge on any atom is -0.487 e. The Hall–Kier alpha value is -2.18. The number of carbonyl (C=O) groups excluding carboxylic acids is 1. The van der Waals surface area contributed by atoms with Crippen molar-refractivity contribution < 1.29 is 9.53 Å². The maximum absolute atomic E-state index is 12.2. The topological polar surface area (TPSA) is 68.5 Å². The zero-order valence-electron chi connectivity index (χ0n) is 13.6. The maximum Gasteiger partial charge on any atom is 0.246 e. The summed E-state index contributed by atoms with van der Waals surface area (Å²) in [4.78, 5) is 18.4. The normalized spacial score (nSPS) is 17.6. The number of amides is 1. The zero-order valence-corrected chi connectivity index (χ0v) is 14.5. The van der Waals surface area contributed by atoms with E-state index in [1.165, 1.54) is 0 Å². The molecule has 0 saturated carbocycles. The van der Waals surface area contributed by atoms with Crippen LogP contribution in [0.25, 0.3) is 6.08 Å². The highest BCUT2D eigenvalue weighted by molar-refractivity contribution is 7.09. The number of hydrogen-bond donors (Lipinski definition) is 1. The second-order valence-corrected chi connectivity index (χ2v) is 6.91. The highest BCUT2D eigenvalue weighted by atomic mass is 32.1. The summed E-state index contributed by atoms with van der Waals surface area (Å²) < 4.78 is 5.86. The van der Waals surface area contributed by atoms with E-state index >= 15 is 0 Å². The molecule has 24 heavy (non-hydrogen) atoms. The summed E-state index contributed by atoms with van der Waals surface area (Å²) in [6.07, 6.45) is 4.26. The molecule has 0 bridgehead atoms. The van der Waals surface area contributed by atoms with Crippen LogP contribution in [0.1, 0.15) is 22.7 Å². The molecule has 1 amide bonds. The van der Waals surface area contributed by atoms with Crippen LogP contribution in [0.3, 0.4) is 0 Å². The van der Waals surface area contributed by atoms with Gasteiger partial charge in [0.1, 0.15) is 12.4 Å². The van der Waals surface area contributed by atoms with Crippen LogP contribution in [0.15, 0.2) is 35.7 Å². The lowest BCUT2D eigenvalue weighted by Gasteiger charge is -2.13. The van der Waals surface area contributed by atoms with Gasteiger partial charge in [-0.1, -0.05) is 18.2 Å². The van der Waals surface area contributed by atoms with Gasteiger partial charge in [0.25, 0.3) is 0 Å². The highest BCUT2D eigenvalue weighted by Gasteiger charge is 2.21. The molecule has 5 nitrogen and oxygen atoms in total. The van der Waals surface area contributed by atoms with Gasteiger partial charge in [0.15, 0.2) is 0 Å². The number of carbonyl (C=O) groups is 1. The molecule has 1 saturated heterocycles. The van der Waals surface area contributed by atoms with Gasteiger partial charge < -0.3 is 15.4 Å². The summed E-state index contributed by atoms with van der Waals surface area (Å²) >= 11 is 1.61. The van der Waals surface area contributed by atoms with Crippen LogP contribution in [0.5, 0.6) is 5.75 Å². The second kappa shape index (κ2) is 7.59. The number of nitrogens with two attached hydrogens (primary N) is 1. The third kappa shape index (κ3) is 4.21. The third-order valence-corrected chi connectivity index (χ3v) is 4.73. The molecule has 1 aromatic carbocycles. The number of ether oxygens (including phenoxy) is 1. The molecular formula is C18H21N3O2S. The van der Waals surface area contributed by atoms with Gasteiger partial charge in [-0.05, 0) is 25.5 Å². The standard InChI is InChI=1S/C18H21N3O2S/c1-13-20-16(12-24-13)11-23-17-5-3-2-4-14(17)6-7-18(22)21-9-8-15(19)10-21/h2-7,12,15H,8-11,19H2,1H3/t15-/m1/s1. The summed E-state index contributed by atoms with van der Waals surface area (Å²) in [5, 5.41) is 3.02. The molecule has 2 heterocycles. The van der Waals surface area contributed by atoms with Gasteiger partial charge in [-0.3, -0.25) is 4.79 Å². The van der Waals surface area contributed by atoms with Gasteiger partial charge >= 0.3 is 0 Å². The van der Waals surface area contributed by atoms with E-state index in [9.17, 15) is 4.79 Å². The molecule has 1 aliphatic rings. The van der Waals surface area contributed by atoms with E-state index in [0.717, 1.165) is 35.0 Å². The van der Waals surface area contributed by atoms with Gasteiger partial charge in [-0.25, -0.2) is 4.98 Å². The molecule has 0 aliphatic carbocycles. The summed E-state index contributed by atoms with van der Waals surface area (Å²) in [6, 6.07) is 7.77. The average molecular weight is 343 g/mol. The van der Waals surface area contributed by atoms with Crippen molar-refractivity contribution >= 4 is 23.3 Å². The maximum atomic E-state index is 12.2. The minimum absolute atomic E-state index is 0.00659. The molecule has 1 aliphatic heterocycles. The largest absolute Gasteiger partial charge is 0.487 e. The van der Waals surface area contributed by atoms with Crippen LogP contribution in [0.2, 0.25) is 0 Å². The number of thiazole rings is 1. The number of aryl methyl sites for hydroxylation is 1. The molecule has 0 spiro atoms. The van der Waals surface area contributed by atoms with Crippen molar-refractivity contribution in [2.24, 2.45) is 5.73 Å². The van der Waals surface area contributed by atoms with E-state index in [1.54, 1.807) is 28.4 Å². The molecule has 0 radical (unpaired) electrons. The van der Waals surface area contributed by atoms with E-state index in [0.29, 0.717) is 13.2 Å². The molecule has 1 fully saturated rings. The van der Waals surface area contributed by atoms with Crippen LogP contribution < -0.4 is 10.5 Å². The molecular weight excluding hydrogens is 322 g/mol. The molecule has 3 rings (SSSR count). The summed E-state index contributed by atoms with van der Waals surface area (Å²) in [7, 11) is 0. The first kappa shape index (κ1) is 16.7. The van der Waals surface area contributed by atoms with E-state index < -0.39 is 0 Å². The lowest BCUT2D eigenvalue weighted by atomic mass is 10.2. The molecule has 1 atom stereocenters. The Morgan fingerprint density at radius 1 is 1.50 bits per heavy atom. The number of rotatable bonds is 5. The Bertz CT molecular complexity index is 741. The molecule has 1 aromatic heterocycles. The van der Waals surface area contributed by atoms with Gasteiger partial charge in [0, 0.05) is 36.2 Å². The molecule has 126 valence electrons.